The standard InChI is InChI=1S/C17H24N6O3.ClH/c1-5-6-22(10-16(25)26)9-15(24)20-14-8-13(4)21-23(14)17-18-11(2)7-12(3)19-17;/h7-8H,5-6,9-10H2,1-4H3,(H,20,24)(H,25,26);1H. The van der Waals surface area contributed by atoms with Gasteiger partial charge in [-0.1, -0.05) is 6.92 Å². The Hall–Kier alpha value is -2.52. The van der Waals surface area contributed by atoms with Gasteiger partial charge in [-0.2, -0.15) is 9.78 Å². The van der Waals surface area contributed by atoms with Gasteiger partial charge < -0.3 is 10.4 Å². The number of nitrogens with zero attached hydrogens (tertiary/aromatic N) is 5. The molecule has 2 N–H and O–H groups in total. The average molecular weight is 397 g/mol. The highest BCUT2D eigenvalue weighted by molar-refractivity contribution is 5.92. The number of halogens is 1. The fraction of sp³-hybridized carbons (Fsp3) is 0.471. The molecule has 0 unspecified atom stereocenters. The Kier molecular flexibility index (Phi) is 8.32. The van der Waals surface area contributed by atoms with Crippen molar-refractivity contribution in [2.24, 2.45) is 0 Å². The van der Waals surface area contributed by atoms with Crippen LogP contribution < -0.4 is 5.32 Å². The quantitative estimate of drug-likeness (QED) is 0.698. The summed E-state index contributed by atoms with van der Waals surface area (Å²) in [5.74, 6) is -0.452. The van der Waals surface area contributed by atoms with Gasteiger partial charge in [0.15, 0.2) is 0 Å². The molecular formula is C17H25ClN6O3. The van der Waals surface area contributed by atoms with Crippen LogP contribution >= 0.6 is 12.4 Å². The number of amides is 1. The molecule has 148 valence electrons. The van der Waals surface area contributed by atoms with E-state index in [4.69, 9.17) is 5.11 Å². The molecule has 0 aliphatic heterocycles. The van der Waals surface area contributed by atoms with E-state index in [0.717, 1.165) is 17.8 Å². The van der Waals surface area contributed by atoms with Crippen molar-refractivity contribution in [1.29, 1.82) is 0 Å². The maximum absolute atomic E-state index is 12.4. The second kappa shape index (κ2) is 9.98. The predicted octanol–water partition coefficient (Wildman–Crippen LogP) is 1.74. The number of rotatable bonds is 8. The SMILES string of the molecule is CCCN(CC(=O)O)CC(=O)Nc1cc(C)nn1-c1nc(C)cc(C)n1.Cl. The van der Waals surface area contributed by atoms with Crippen LogP contribution in [-0.2, 0) is 9.59 Å². The topological polar surface area (TPSA) is 113 Å². The van der Waals surface area contributed by atoms with Crippen LogP contribution in [0, 0.1) is 20.8 Å². The molecule has 0 saturated carbocycles. The monoisotopic (exact) mass is 396 g/mol. The Bertz CT molecular complexity index is 788. The molecule has 0 bridgehead atoms. The first-order valence-corrected chi connectivity index (χ1v) is 8.41. The molecule has 1 amide bonds. The number of carbonyl (C=O) groups excluding carboxylic acids is 1. The Morgan fingerprint density at radius 3 is 2.30 bits per heavy atom. The molecule has 9 nitrogen and oxygen atoms in total. The molecule has 0 radical (unpaired) electrons. The normalized spacial score (nSPS) is 10.6. The number of carbonyl (C=O) groups is 2. The van der Waals surface area contributed by atoms with Crippen molar-refractivity contribution in [3.63, 3.8) is 0 Å². The number of hydrogen-bond acceptors (Lipinski definition) is 6. The minimum absolute atomic E-state index is 0. The van der Waals surface area contributed by atoms with Crippen molar-refractivity contribution in [1.82, 2.24) is 24.6 Å². The molecule has 0 aromatic carbocycles. The van der Waals surface area contributed by atoms with Gasteiger partial charge in [0, 0.05) is 17.5 Å². The van der Waals surface area contributed by atoms with Gasteiger partial charge in [0.05, 0.1) is 18.8 Å². The maximum atomic E-state index is 12.4. The van der Waals surface area contributed by atoms with Gasteiger partial charge in [-0.05, 0) is 39.8 Å². The zero-order valence-corrected chi connectivity index (χ0v) is 16.7. The summed E-state index contributed by atoms with van der Waals surface area (Å²) in [6.07, 6.45) is 0.758. The molecule has 0 aliphatic rings. The summed E-state index contributed by atoms with van der Waals surface area (Å²) < 4.78 is 1.48. The van der Waals surface area contributed by atoms with Crippen molar-refractivity contribution in [2.75, 3.05) is 25.0 Å². The number of carboxylic acid groups (broad SMARTS) is 1. The van der Waals surface area contributed by atoms with Crippen molar-refractivity contribution < 1.29 is 14.7 Å². The van der Waals surface area contributed by atoms with E-state index in [2.05, 4.69) is 20.4 Å². The van der Waals surface area contributed by atoms with Crippen LogP contribution in [0.15, 0.2) is 12.1 Å². The van der Waals surface area contributed by atoms with Gasteiger partial charge in [0.25, 0.3) is 5.95 Å². The van der Waals surface area contributed by atoms with Gasteiger partial charge in [-0.25, -0.2) is 9.97 Å². The number of aryl methyl sites for hydroxylation is 3. The van der Waals surface area contributed by atoms with E-state index in [1.54, 1.807) is 11.0 Å². The summed E-state index contributed by atoms with van der Waals surface area (Å²) in [5.41, 5.74) is 2.31. The molecule has 2 aromatic rings. The highest BCUT2D eigenvalue weighted by atomic mass is 35.5. The summed E-state index contributed by atoms with van der Waals surface area (Å²) in [7, 11) is 0. The van der Waals surface area contributed by atoms with Gasteiger partial charge in [0.2, 0.25) is 5.91 Å². The number of carboxylic acids is 1. The van der Waals surface area contributed by atoms with Crippen LogP contribution in [0.1, 0.15) is 30.4 Å². The molecule has 2 aromatic heterocycles. The van der Waals surface area contributed by atoms with Gasteiger partial charge >= 0.3 is 5.97 Å². The average Bonchev–Trinajstić information content (AvgIpc) is 2.86. The molecule has 2 rings (SSSR count). The fourth-order valence-electron chi connectivity index (χ4n) is 2.65. The summed E-state index contributed by atoms with van der Waals surface area (Å²) in [6.45, 7) is 7.80. The Morgan fingerprint density at radius 1 is 1.11 bits per heavy atom. The molecular weight excluding hydrogens is 372 g/mol. The van der Waals surface area contributed by atoms with E-state index in [0.29, 0.717) is 24.0 Å². The first-order valence-electron chi connectivity index (χ1n) is 8.41. The second-order valence-corrected chi connectivity index (χ2v) is 6.19. The van der Waals surface area contributed by atoms with Crippen LogP contribution in [0.5, 0.6) is 0 Å². The lowest BCUT2D eigenvalue weighted by molar-refractivity contribution is -0.138. The van der Waals surface area contributed by atoms with E-state index >= 15 is 0 Å². The molecule has 10 heteroatoms. The summed E-state index contributed by atoms with van der Waals surface area (Å²) in [5, 5.41) is 16.1. The van der Waals surface area contributed by atoms with Crippen molar-refractivity contribution in [3.8, 4) is 5.95 Å². The zero-order chi connectivity index (χ0) is 19.3. The number of aliphatic carboxylic acids is 1. The number of aromatic nitrogens is 4. The molecule has 0 fully saturated rings. The lowest BCUT2D eigenvalue weighted by Crippen LogP contribution is -2.37. The number of nitrogens with one attached hydrogen (secondary N) is 1. The van der Waals surface area contributed by atoms with E-state index in [1.807, 2.05) is 33.8 Å². The minimum Gasteiger partial charge on any atom is -0.480 e. The van der Waals surface area contributed by atoms with Crippen molar-refractivity contribution in [2.45, 2.75) is 34.1 Å². The summed E-state index contributed by atoms with van der Waals surface area (Å²) >= 11 is 0. The third-order valence-corrected chi connectivity index (χ3v) is 3.52. The Morgan fingerprint density at radius 2 is 1.74 bits per heavy atom. The fourth-order valence-corrected chi connectivity index (χ4v) is 2.65. The van der Waals surface area contributed by atoms with Crippen LogP contribution in [0.25, 0.3) is 5.95 Å². The highest BCUT2D eigenvalue weighted by Crippen LogP contribution is 2.15. The molecule has 0 aliphatic carbocycles. The predicted molar refractivity (Wildman–Crippen MR) is 104 cm³/mol. The number of hydrogen-bond donors (Lipinski definition) is 2. The van der Waals surface area contributed by atoms with Gasteiger partial charge in [0.1, 0.15) is 5.82 Å². The van der Waals surface area contributed by atoms with Crippen LogP contribution in [0.3, 0.4) is 0 Å². The summed E-state index contributed by atoms with van der Waals surface area (Å²) in [4.78, 5) is 33.6. The van der Waals surface area contributed by atoms with Crippen LogP contribution in [-0.4, -0.2) is 61.3 Å². The largest absolute Gasteiger partial charge is 0.480 e. The van der Waals surface area contributed by atoms with Gasteiger partial charge in [-0.15, -0.1) is 12.4 Å². The second-order valence-electron chi connectivity index (χ2n) is 6.19. The maximum Gasteiger partial charge on any atom is 0.317 e. The molecule has 0 atom stereocenters. The van der Waals surface area contributed by atoms with Crippen LogP contribution in [0.2, 0.25) is 0 Å². The first-order chi connectivity index (χ1) is 12.3. The van der Waals surface area contributed by atoms with E-state index in [1.165, 1.54) is 4.68 Å². The Balaban J connectivity index is 0.00000364. The van der Waals surface area contributed by atoms with E-state index in [-0.39, 0.29) is 31.4 Å². The molecule has 0 saturated heterocycles. The minimum atomic E-state index is -0.962. The third kappa shape index (κ3) is 6.61. The molecule has 2 heterocycles. The van der Waals surface area contributed by atoms with Crippen LogP contribution in [0.4, 0.5) is 5.82 Å². The third-order valence-electron chi connectivity index (χ3n) is 3.52. The highest BCUT2D eigenvalue weighted by Gasteiger charge is 2.17. The van der Waals surface area contributed by atoms with Gasteiger partial charge in [-0.3, -0.25) is 14.5 Å². The first kappa shape index (κ1) is 22.5. The molecule has 27 heavy (non-hydrogen) atoms. The van der Waals surface area contributed by atoms with Crippen molar-refractivity contribution >= 4 is 30.1 Å². The van der Waals surface area contributed by atoms with E-state index in [9.17, 15) is 9.59 Å². The summed E-state index contributed by atoms with van der Waals surface area (Å²) in [6, 6.07) is 3.58. The lowest BCUT2D eigenvalue weighted by atomic mass is 10.3. The molecule has 0 spiro atoms. The smallest absolute Gasteiger partial charge is 0.317 e. The zero-order valence-electron chi connectivity index (χ0n) is 15.9. The van der Waals surface area contributed by atoms with E-state index < -0.39 is 5.97 Å². The Labute approximate surface area is 164 Å². The lowest BCUT2D eigenvalue weighted by Gasteiger charge is -2.18. The number of anilines is 1. The van der Waals surface area contributed by atoms with Crippen molar-refractivity contribution in [3.05, 3.63) is 29.2 Å².